The van der Waals surface area contributed by atoms with E-state index in [1.54, 1.807) is 0 Å². The highest BCUT2D eigenvalue weighted by Crippen LogP contribution is 2.50. The topological polar surface area (TPSA) is 141 Å². The van der Waals surface area contributed by atoms with Crippen molar-refractivity contribution in [1.29, 1.82) is 0 Å². The molecule has 3 aliphatic carbocycles. The van der Waals surface area contributed by atoms with Gasteiger partial charge in [0, 0.05) is 30.6 Å². The number of fused-ring (bicyclic) bond motifs is 3. The summed E-state index contributed by atoms with van der Waals surface area (Å²) in [4.78, 5) is 41.1. The Morgan fingerprint density at radius 1 is 1.02 bits per heavy atom. The molecular formula is C32H32N2O6. The van der Waals surface area contributed by atoms with E-state index in [1.807, 2.05) is 18.2 Å². The van der Waals surface area contributed by atoms with Gasteiger partial charge >= 0.3 is 0 Å². The summed E-state index contributed by atoms with van der Waals surface area (Å²) < 4.78 is 0. The fourth-order valence-electron chi connectivity index (χ4n) is 7.16. The summed E-state index contributed by atoms with van der Waals surface area (Å²) in [7, 11) is 0. The summed E-state index contributed by atoms with van der Waals surface area (Å²) in [5.41, 5.74) is 8.62. The number of hydrogen-bond acceptors (Lipinski definition) is 7. The quantitative estimate of drug-likeness (QED) is 0.335. The first kappa shape index (κ1) is 26.1. The molecule has 1 heterocycles. The van der Waals surface area contributed by atoms with E-state index in [4.69, 9.17) is 5.73 Å². The Labute approximate surface area is 232 Å². The molecule has 1 amide bonds. The first-order chi connectivity index (χ1) is 19.1. The molecule has 206 valence electrons. The highest BCUT2D eigenvalue weighted by molar-refractivity contribution is 6.22. The molecule has 0 aromatic heterocycles. The highest BCUT2D eigenvalue weighted by atomic mass is 16.3. The SMILES string of the molecule is CC1C=CC(C)N1Cc1cccc(-c2ccc(O)c3c2CC2CC4CC(O)=C(C(N)=O)C(=O)C4C(O)=C2C3=O)c1. The van der Waals surface area contributed by atoms with Crippen LogP contribution in [0.15, 0.2) is 71.2 Å². The Hall–Kier alpha value is -4.17. The normalized spacial score (nSPS) is 28.0. The van der Waals surface area contributed by atoms with Crippen LogP contribution in [0.3, 0.4) is 0 Å². The first-order valence-electron chi connectivity index (χ1n) is 13.7. The Kier molecular flexibility index (Phi) is 6.18. The molecule has 6 rings (SSSR count). The van der Waals surface area contributed by atoms with Gasteiger partial charge in [-0.25, -0.2) is 0 Å². The van der Waals surface area contributed by atoms with Crippen LogP contribution in [-0.4, -0.2) is 49.8 Å². The number of primary amides is 1. The number of ketones is 2. The van der Waals surface area contributed by atoms with Crippen molar-refractivity contribution in [3.05, 3.63) is 87.9 Å². The van der Waals surface area contributed by atoms with Gasteiger partial charge < -0.3 is 21.1 Å². The molecule has 0 fully saturated rings. The number of aromatic hydroxyl groups is 1. The van der Waals surface area contributed by atoms with E-state index in [1.165, 1.54) is 6.07 Å². The molecule has 5 N–H and O–H groups in total. The standard InChI is InChI=1S/C32H32N2O6/c1-15-6-7-16(2)34(15)14-17-4-3-5-18(10-17)21-8-9-23(35)27-22(21)12-19-11-20-13-24(36)28(32(33)40)31(39)26(20)29(37)25(19)30(27)38/h3-10,15-16,19-20,26,35-37H,11-14H2,1-2H3,(H2,33,40). The zero-order valence-electron chi connectivity index (χ0n) is 22.4. The minimum atomic E-state index is -1.12. The molecule has 0 spiro atoms. The Balaban J connectivity index is 1.39. The van der Waals surface area contributed by atoms with Crippen molar-refractivity contribution in [1.82, 2.24) is 4.90 Å². The number of carbonyl (C=O) groups is 3. The second kappa shape index (κ2) is 9.48. The third-order valence-electron chi connectivity index (χ3n) is 9.09. The van der Waals surface area contributed by atoms with Crippen molar-refractivity contribution in [2.75, 3.05) is 0 Å². The van der Waals surface area contributed by atoms with Crippen molar-refractivity contribution in [2.45, 2.75) is 51.7 Å². The van der Waals surface area contributed by atoms with Crippen LogP contribution in [-0.2, 0) is 22.6 Å². The third kappa shape index (κ3) is 3.97. The number of amides is 1. The van der Waals surface area contributed by atoms with Gasteiger partial charge in [0.2, 0.25) is 0 Å². The van der Waals surface area contributed by atoms with Gasteiger partial charge in [0.05, 0.1) is 11.5 Å². The van der Waals surface area contributed by atoms with Gasteiger partial charge in [0.25, 0.3) is 5.91 Å². The Morgan fingerprint density at radius 3 is 2.45 bits per heavy atom. The smallest absolute Gasteiger partial charge is 0.255 e. The molecule has 0 radical (unpaired) electrons. The fourth-order valence-corrected chi connectivity index (χ4v) is 7.16. The van der Waals surface area contributed by atoms with Crippen molar-refractivity contribution < 1.29 is 29.7 Å². The van der Waals surface area contributed by atoms with Crippen LogP contribution in [0.25, 0.3) is 11.1 Å². The summed E-state index contributed by atoms with van der Waals surface area (Å²) in [6.45, 7) is 5.11. The molecule has 2 aromatic carbocycles. The predicted molar refractivity (Wildman–Crippen MR) is 148 cm³/mol. The molecule has 1 aliphatic heterocycles. The molecule has 0 bridgehead atoms. The maximum Gasteiger partial charge on any atom is 0.255 e. The van der Waals surface area contributed by atoms with Gasteiger partial charge in [-0.3, -0.25) is 19.3 Å². The predicted octanol–water partition coefficient (Wildman–Crippen LogP) is 4.28. The summed E-state index contributed by atoms with van der Waals surface area (Å²) in [6, 6.07) is 12.2. The van der Waals surface area contributed by atoms with Crippen LogP contribution < -0.4 is 5.73 Å². The van der Waals surface area contributed by atoms with E-state index in [9.17, 15) is 29.7 Å². The number of nitrogens with two attached hydrogens (primary N) is 1. The fraction of sp³-hybridized carbons (Fsp3) is 0.344. The minimum absolute atomic E-state index is 0.0146. The number of hydrogen-bond donors (Lipinski definition) is 4. The average molecular weight is 541 g/mol. The molecule has 5 unspecified atom stereocenters. The van der Waals surface area contributed by atoms with E-state index >= 15 is 0 Å². The summed E-state index contributed by atoms with van der Waals surface area (Å²) in [6.07, 6.45) is 5.17. The van der Waals surface area contributed by atoms with Crippen molar-refractivity contribution in [3.63, 3.8) is 0 Å². The highest BCUT2D eigenvalue weighted by Gasteiger charge is 2.50. The van der Waals surface area contributed by atoms with Crippen molar-refractivity contribution in [3.8, 4) is 16.9 Å². The van der Waals surface area contributed by atoms with Gasteiger partial charge in [-0.1, -0.05) is 36.4 Å². The summed E-state index contributed by atoms with van der Waals surface area (Å²) in [5, 5.41) is 32.4. The number of allylic oxidation sites excluding steroid dienone is 3. The van der Waals surface area contributed by atoms with E-state index in [2.05, 4.69) is 43.0 Å². The molecule has 4 aliphatic rings. The first-order valence-corrected chi connectivity index (χ1v) is 13.7. The molecule has 2 aromatic rings. The Bertz CT molecular complexity index is 1550. The molecule has 40 heavy (non-hydrogen) atoms. The monoisotopic (exact) mass is 540 g/mol. The maximum absolute atomic E-state index is 13.8. The molecule has 0 saturated carbocycles. The second-order valence-electron chi connectivity index (χ2n) is 11.5. The number of aliphatic hydroxyl groups is 2. The lowest BCUT2D eigenvalue weighted by Gasteiger charge is -2.41. The van der Waals surface area contributed by atoms with Crippen LogP contribution in [0.5, 0.6) is 5.75 Å². The zero-order chi connectivity index (χ0) is 28.5. The Morgan fingerprint density at radius 2 is 1.75 bits per heavy atom. The summed E-state index contributed by atoms with van der Waals surface area (Å²) >= 11 is 0. The number of Topliss-reactive ketones (excluding diaryl/α,β-unsaturated/α-hetero) is 2. The van der Waals surface area contributed by atoms with Crippen LogP contribution >= 0.6 is 0 Å². The lowest BCUT2D eigenvalue weighted by molar-refractivity contribution is -0.126. The number of phenolic OH excluding ortho intramolecular Hbond substituents is 1. The third-order valence-corrected chi connectivity index (χ3v) is 9.09. The molecule has 8 nitrogen and oxygen atoms in total. The number of carbonyl (C=O) groups excluding carboxylic acids is 3. The van der Waals surface area contributed by atoms with Crippen LogP contribution in [0.1, 0.15) is 48.2 Å². The van der Waals surface area contributed by atoms with Crippen LogP contribution in [0, 0.1) is 17.8 Å². The lowest BCUT2D eigenvalue weighted by Crippen LogP contribution is -2.43. The van der Waals surface area contributed by atoms with Crippen molar-refractivity contribution >= 4 is 17.5 Å². The van der Waals surface area contributed by atoms with E-state index in [-0.39, 0.29) is 34.8 Å². The van der Waals surface area contributed by atoms with Gasteiger partial charge in [0.1, 0.15) is 22.8 Å². The number of rotatable bonds is 4. The van der Waals surface area contributed by atoms with E-state index < -0.39 is 40.8 Å². The number of benzene rings is 2. The second-order valence-corrected chi connectivity index (χ2v) is 11.5. The number of phenols is 1. The van der Waals surface area contributed by atoms with Crippen LogP contribution in [0.4, 0.5) is 0 Å². The average Bonchev–Trinajstić information content (AvgIpc) is 3.20. The molecule has 0 saturated heterocycles. The number of nitrogens with zero attached hydrogens (tertiary/aromatic N) is 1. The van der Waals surface area contributed by atoms with E-state index in [0.717, 1.165) is 23.2 Å². The zero-order valence-corrected chi connectivity index (χ0v) is 22.4. The molecule has 8 heteroatoms. The summed E-state index contributed by atoms with van der Waals surface area (Å²) in [5.74, 6) is -5.29. The van der Waals surface area contributed by atoms with Gasteiger partial charge in [-0.15, -0.1) is 0 Å². The van der Waals surface area contributed by atoms with Gasteiger partial charge in [-0.05, 0) is 72.9 Å². The van der Waals surface area contributed by atoms with Gasteiger partial charge in [-0.2, -0.15) is 0 Å². The molecule has 5 atom stereocenters. The van der Waals surface area contributed by atoms with E-state index in [0.29, 0.717) is 30.5 Å². The van der Waals surface area contributed by atoms with Gasteiger partial charge in [0.15, 0.2) is 11.6 Å². The minimum Gasteiger partial charge on any atom is -0.511 e. The lowest BCUT2D eigenvalue weighted by atomic mass is 9.62. The largest absolute Gasteiger partial charge is 0.511 e. The maximum atomic E-state index is 13.8. The molecular weight excluding hydrogens is 508 g/mol. The van der Waals surface area contributed by atoms with Crippen molar-refractivity contribution in [2.24, 2.45) is 23.5 Å². The number of aliphatic hydroxyl groups excluding tert-OH is 2. The van der Waals surface area contributed by atoms with Crippen LogP contribution in [0.2, 0.25) is 0 Å².